The van der Waals surface area contributed by atoms with Gasteiger partial charge in [0.15, 0.2) is 0 Å². The van der Waals surface area contributed by atoms with E-state index in [-0.39, 0.29) is 10.8 Å². The Morgan fingerprint density at radius 3 is 2.32 bits per heavy atom. The fourth-order valence-corrected chi connectivity index (χ4v) is 5.84. The van der Waals surface area contributed by atoms with Crippen LogP contribution < -0.4 is 0 Å². The lowest BCUT2D eigenvalue weighted by Gasteiger charge is -2.65. The number of aliphatic hydroxyl groups is 1. The van der Waals surface area contributed by atoms with Crippen molar-refractivity contribution >= 4 is 5.97 Å². The third-order valence-electron chi connectivity index (χ3n) is 6.00. The molecule has 4 fully saturated rings. The molecule has 0 aromatic carbocycles. The zero-order valence-corrected chi connectivity index (χ0v) is 12.1. The SMILES string of the molecule is CC(C(=O)O)=C(C)C12CC3CC(C)(CC(O)(C3)C1)C2. The van der Waals surface area contributed by atoms with Crippen LogP contribution in [0.4, 0.5) is 0 Å². The topological polar surface area (TPSA) is 57.5 Å². The van der Waals surface area contributed by atoms with Crippen LogP contribution in [-0.2, 0) is 4.79 Å². The first-order valence-corrected chi connectivity index (χ1v) is 7.31. The minimum atomic E-state index is -0.814. The minimum Gasteiger partial charge on any atom is -0.478 e. The number of aliphatic carboxylic acids is 1. The van der Waals surface area contributed by atoms with E-state index >= 15 is 0 Å². The van der Waals surface area contributed by atoms with Gasteiger partial charge in [-0.1, -0.05) is 12.5 Å². The van der Waals surface area contributed by atoms with Crippen molar-refractivity contribution in [3.05, 3.63) is 11.1 Å². The summed E-state index contributed by atoms with van der Waals surface area (Å²) in [5.41, 5.74) is 1.08. The first kappa shape index (κ1) is 13.2. The summed E-state index contributed by atoms with van der Waals surface area (Å²) in [6.45, 7) is 5.96. The van der Waals surface area contributed by atoms with E-state index in [0.717, 1.165) is 37.7 Å². The van der Waals surface area contributed by atoms with Crippen molar-refractivity contribution in [2.24, 2.45) is 16.7 Å². The summed E-state index contributed by atoms with van der Waals surface area (Å²) < 4.78 is 0. The number of carboxylic acids is 1. The van der Waals surface area contributed by atoms with E-state index in [1.54, 1.807) is 6.92 Å². The van der Waals surface area contributed by atoms with Crippen molar-refractivity contribution in [1.82, 2.24) is 0 Å². The van der Waals surface area contributed by atoms with Crippen LogP contribution in [0.3, 0.4) is 0 Å². The molecule has 19 heavy (non-hydrogen) atoms. The molecule has 3 heteroatoms. The number of hydrogen-bond acceptors (Lipinski definition) is 2. The third kappa shape index (κ3) is 1.85. The Bertz CT molecular complexity index is 458. The van der Waals surface area contributed by atoms with Gasteiger partial charge >= 0.3 is 5.97 Å². The molecular formula is C16H24O3. The predicted octanol–water partition coefficient (Wildman–Crippen LogP) is 3.13. The van der Waals surface area contributed by atoms with Gasteiger partial charge < -0.3 is 10.2 Å². The second kappa shape index (κ2) is 3.63. The summed E-state index contributed by atoms with van der Waals surface area (Å²) in [6.07, 6.45) is 5.91. The number of rotatable bonds is 2. The highest BCUT2D eigenvalue weighted by molar-refractivity contribution is 5.87. The summed E-state index contributed by atoms with van der Waals surface area (Å²) in [5.74, 6) is -0.242. The maximum atomic E-state index is 11.3. The Balaban J connectivity index is 2.06. The summed E-state index contributed by atoms with van der Waals surface area (Å²) in [6, 6.07) is 0. The van der Waals surface area contributed by atoms with Crippen molar-refractivity contribution in [1.29, 1.82) is 0 Å². The molecule has 0 saturated heterocycles. The van der Waals surface area contributed by atoms with Crippen molar-refractivity contribution in [2.75, 3.05) is 0 Å². The van der Waals surface area contributed by atoms with Gasteiger partial charge in [-0.3, -0.25) is 0 Å². The van der Waals surface area contributed by atoms with Gasteiger partial charge in [-0.2, -0.15) is 0 Å². The highest BCUT2D eigenvalue weighted by Crippen LogP contribution is 2.68. The summed E-state index contributed by atoms with van der Waals surface area (Å²) in [4.78, 5) is 11.3. The van der Waals surface area contributed by atoms with Crippen LogP contribution in [0.1, 0.15) is 59.3 Å². The first-order valence-electron chi connectivity index (χ1n) is 7.31. The molecule has 4 rings (SSSR count). The second-order valence-corrected chi connectivity index (χ2v) is 7.88. The van der Waals surface area contributed by atoms with Gasteiger partial charge in [0, 0.05) is 5.57 Å². The van der Waals surface area contributed by atoms with Crippen molar-refractivity contribution in [3.63, 3.8) is 0 Å². The molecule has 4 unspecified atom stereocenters. The van der Waals surface area contributed by atoms with Gasteiger partial charge in [-0.25, -0.2) is 4.79 Å². The number of carboxylic acid groups (broad SMARTS) is 1. The molecule has 0 heterocycles. The Labute approximate surface area is 114 Å². The van der Waals surface area contributed by atoms with Gasteiger partial charge in [0.2, 0.25) is 0 Å². The fourth-order valence-electron chi connectivity index (χ4n) is 5.84. The van der Waals surface area contributed by atoms with E-state index < -0.39 is 11.6 Å². The van der Waals surface area contributed by atoms with Gasteiger partial charge in [0.25, 0.3) is 0 Å². The number of hydrogen-bond donors (Lipinski definition) is 2. The van der Waals surface area contributed by atoms with Gasteiger partial charge in [-0.05, 0) is 69.1 Å². The van der Waals surface area contributed by atoms with Crippen LogP contribution in [0.5, 0.6) is 0 Å². The first-order chi connectivity index (χ1) is 8.67. The fraction of sp³-hybridized carbons (Fsp3) is 0.812. The molecule has 0 radical (unpaired) electrons. The van der Waals surface area contributed by atoms with Crippen LogP contribution in [0.15, 0.2) is 11.1 Å². The summed E-state index contributed by atoms with van der Waals surface area (Å²) in [5, 5.41) is 20.1. The quantitative estimate of drug-likeness (QED) is 0.753. The molecule has 4 bridgehead atoms. The predicted molar refractivity (Wildman–Crippen MR) is 72.7 cm³/mol. The molecule has 4 aliphatic rings. The number of allylic oxidation sites excluding steroid dienone is 1. The lowest BCUT2D eigenvalue weighted by Crippen LogP contribution is -2.59. The van der Waals surface area contributed by atoms with Crippen LogP contribution in [0, 0.1) is 16.7 Å². The average Bonchev–Trinajstić information content (AvgIpc) is 2.21. The van der Waals surface area contributed by atoms with Crippen LogP contribution in [0.25, 0.3) is 0 Å². The lowest BCUT2D eigenvalue weighted by molar-refractivity contribution is -0.183. The molecule has 106 valence electrons. The zero-order chi connectivity index (χ0) is 14.1. The Hall–Kier alpha value is -0.830. The lowest BCUT2D eigenvalue weighted by atomic mass is 9.41. The molecule has 4 atom stereocenters. The molecule has 3 nitrogen and oxygen atoms in total. The van der Waals surface area contributed by atoms with E-state index in [0.29, 0.717) is 11.5 Å². The van der Waals surface area contributed by atoms with E-state index in [1.165, 1.54) is 6.42 Å². The highest BCUT2D eigenvalue weighted by Gasteiger charge is 2.62. The highest BCUT2D eigenvalue weighted by atomic mass is 16.4. The largest absolute Gasteiger partial charge is 0.478 e. The standard InChI is InChI=1S/C16H24O3/c1-10(13(17)18)11(2)15-5-12-4-14(3,7-15)8-16(19,6-12)9-15/h12,19H,4-9H2,1-3H3,(H,17,18). The molecule has 0 amide bonds. The van der Waals surface area contributed by atoms with Crippen LogP contribution in [-0.4, -0.2) is 21.8 Å². The van der Waals surface area contributed by atoms with Gasteiger partial charge in [-0.15, -0.1) is 0 Å². The molecule has 4 aliphatic carbocycles. The smallest absolute Gasteiger partial charge is 0.331 e. The minimum absolute atomic E-state index is 0.0641. The summed E-state index contributed by atoms with van der Waals surface area (Å²) in [7, 11) is 0. The molecule has 4 saturated carbocycles. The monoisotopic (exact) mass is 264 g/mol. The Morgan fingerprint density at radius 1 is 1.11 bits per heavy atom. The Morgan fingerprint density at radius 2 is 1.79 bits per heavy atom. The Kier molecular flexibility index (Phi) is 2.52. The van der Waals surface area contributed by atoms with Crippen LogP contribution in [0.2, 0.25) is 0 Å². The van der Waals surface area contributed by atoms with E-state index in [2.05, 4.69) is 6.92 Å². The molecular weight excluding hydrogens is 240 g/mol. The normalized spacial score (nSPS) is 49.2. The van der Waals surface area contributed by atoms with Crippen LogP contribution >= 0.6 is 0 Å². The molecule has 0 aromatic heterocycles. The van der Waals surface area contributed by atoms with Gasteiger partial charge in [0.05, 0.1) is 5.60 Å². The average molecular weight is 264 g/mol. The molecule has 0 spiro atoms. The van der Waals surface area contributed by atoms with Gasteiger partial charge in [0.1, 0.15) is 0 Å². The van der Waals surface area contributed by atoms with Crippen molar-refractivity contribution < 1.29 is 15.0 Å². The van der Waals surface area contributed by atoms with Crippen molar-refractivity contribution in [3.8, 4) is 0 Å². The number of carbonyl (C=O) groups is 1. The maximum absolute atomic E-state index is 11.3. The second-order valence-electron chi connectivity index (χ2n) is 7.88. The van der Waals surface area contributed by atoms with E-state index in [9.17, 15) is 15.0 Å². The maximum Gasteiger partial charge on any atom is 0.331 e. The molecule has 2 N–H and O–H groups in total. The van der Waals surface area contributed by atoms with Crippen molar-refractivity contribution in [2.45, 2.75) is 64.9 Å². The van der Waals surface area contributed by atoms with E-state index in [4.69, 9.17) is 0 Å². The summed E-state index contributed by atoms with van der Waals surface area (Å²) >= 11 is 0. The van der Waals surface area contributed by atoms with E-state index in [1.807, 2.05) is 6.92 Å². The third-order valence-corrected chi connectivity index (χ3v) is 6.00. The zero-order valence-electron chi connectivity index (χ0n) is 12.1. The molecule has 0 aromatic rings. The molecule has 0 aliphatic heterocycles.